The highest BCUT2D eigenvalue weighted by molar-refractivity contribution is 5.86. The Morgan fingerprint density at radius 3 is 2.39 bits per heavy atom. The Morgan fingerprint density at radius 2 is 1.76 bits per heavy atom. The molecular formula is C34H42F3N5O4. The number of rotatable bonds is 9. The molecule has 0 unspecified atom stereocenters. The number of urea groups is 1. The summed E-state index contributed by atoms with van der Waals surface area (Å²) in [7, 11) is 1.58. The van der Waals surface area contributed by atoms with Gasteiger partial charge in [0.2, 0.25) is 5.91 Å². The predicted octanol–water partition coefficient (Wildman–Crippen LogP) is 5.09. The number of hydrogen-bond acceptors (Lipinski definition) is 5. The average Bonchev–Trinajstić information content (AvgIpc) is 3.51. The van der Waals surface area contributed by atoms with Gasteiger partial charge in [0.15, 0.2) is 0 Å². The van der Waals surface area contributed by atoms with E-state index in [0.717, 1.165) is 23.3 Å². The molecule has 12 heteroatoms. The smallest absolute Gasteiger partial charge is 0.396 e. The van der Waals surface area contributed by atoms with Crippen molar-refractivity contribution < 1.29 is 33.0 Å². The maximum atomic E-state index is 14.4. The third-order valence-electron chi connectivity index (χ3n) is 9.71. The SMILES string of the molecule is Cc1cc([C@@H](C)N(C)C(=O)N2CCN3C(=O)C(CCO)(CCO)C[C@H]3[C@@H]2c2cn(Cc3ccccc3)nc2C)cc(C(F)(F)F)c1. The summed E-state index contributed by atoms with van der Waals surface area (Å²) < 4.78 is 42.8. The van der Waals surface area contributed by atoms with Crippen molar-refractivity contribution in [1.29, 1.82) is 0 Å². The van der Waals surface area contributed by atoms with Gasteiger partial charge in [-0.15, -0.1) is 0 Å². The van der Waals surface area contributed by atoms with Crippen LogP contribution in [0.4, 0.5) is 18.0 Å². The molecular weight excluding hydrogens is 599 g/mol. The second-order valence-electron chi connectivity index (χ2n) is 12.7. The van der Waals surface area contributed by atoms with Gasteiger partial charge in [0.05, 0.1) is 41.3 Å². The fourth-order valence-corrected chi connectivity index (χ4v) is 7.21. The highest BCUT2D eigenvalue weighted by Gasteiger charge is 2.56. The first-order valence-electron chi connectivity index (χ1n) is 15.6. The Labute approximate surface area is 267 Å². The Hall–Kier alpha value is -3.90. The van der Waals surface area contributed by atoms with Crippen LogP contribution in [0.5, 0.6) is 0 Å². The summed E-state index contributed by atoms with van der Waals surface area (Å²) >= 11 is 0. The lowest BCUT2D eigenvalue weighted by atomic mass is 9.77. The van der Waals surface area contributed by atoms with Gasteiger partial charge in [-0.1, -0.05) is 42.0 Å². The first-order chi connectivity index (χ1) is 21.8. The molecule has 0 bridgehead atoms. The highest BCUT2D eigenvalue weighted by atomic mass is 19.4. The number of hydrogen-bond donors (Lipinski definition) is 2. The molecule has 2 N–H and O–H groups in total. The van der Waals surface area contributed by atoms with Gasteiger partial charge < -0.3 is 24.9 Å². The fraction of sp³-hybridized carbons (Fsp3) is 0.500. The third kappa shape index (κ3) is 6.37. The topological polar surface area (TPSA) is 102 Å². The van der Waals surface area contributed by atoms with E-state index in [0.29, 0.717) is 29.8 Å². The van der Waals surface area contributed by atoms with Crippen molar-refractivity contribution in [3.63, 3.8) is 0 Å². The molecule has 2 aliphatic heterocycles. The van der Waals surface area contributed by atoms with Gasteiger partial charge in [-0.3, -0.25) is 9.48 Å². The number of aryl methyl sites for hydroxylation is 2. The van der Waals surface area contributed by atoms with Crippen molar-refractivity contribution >= 4 is 11.9 Å². The number of carbonyl (C=O) groups is 2. The maximum absolute atomic E-state index is 14.4. The third-order valence-corrected chi connectivity index (χ3v) is 9.71. The molecule has 2 fully saturated rings. The molecule has 2 saturated heterocycles. The molecule has 0 aliphatic carbocycles. The van der Waals surface area contributed by atoms with E-state index in [1.165, 1.54) is 4.90 Å². The van der Waals surface area contributed by atoms with Gasteiger partial charge in [0.1, 0.15) is 0 Å². The monoisotopic (exact) mass is 641 g/mol. The number of nitrogens with zero attached hydrogens (tertiary/aromatic N) is 5. The number of aliphatic hydroxyl groups is 2. The van der Waals surface area contributed by atoms with Crippen LogP contribution >= 0.6 is 0 Å². The van der Waals surface area contributed by atoms with Crippen LogP contribution in [0.3, 0.4) is 0 Å². The van der Waals surface area contributed by atoms with E-state index in [2.05, 4.69) is 0 Å². The van der Waals surface area contributed by atoms with E-state index in [1.807, 2.05) is 48.1 Å². The Kier molecular flexibility index (Phi) is 9.51. The zero-order valence-electron chi connectivity index (χ0n) is 26.7. The number of halogens is 3. The number of amides is 3. The van der Waals surface area contributed by atoms with E-state index < -0.39 is 35.3 Å². The van der Waals surface area contributed by atoms with Crippen molar-refractivity contribution in [2.45, 2.75) is 70.9 Å². The van der Waals surface area contributed by atoms with Crippen LogP contribution in [0.25, 0.3) is 0 Å². The number of fused-ring (bicyclic) bond motifs is 1. The number of alkyl halides is 3. The van der Waals surface area contributed by atoms with E-state index in [1.54, 1.807) is 36.8 Å². The summed E-state index contributed by atoms with van der Waals surface area (Å²) in [5.74, 6) is -0.145. The zero-order chi connectivity index (χ0) is 33.4. The van der Waals surface area contributed by atoms with Crippen LogP contribution < -0.4 is 0 Å². The summed E-state index contributed by atoms with van der Waals surface area (Å²) in [4.78, 5) is 33.2. The highest BCUT2D eigenvalue weighted by Crippen LogP contribution is 2.49. The molecule has 3 heterocycles. The van der Waals surface area contributed by atoms with E-state index in [4.69, 9.17) is 5.10 Å². The minimum Gasteiger partial charge on any atom is -0.396 e. The Bertz CT molecular complexity index is 1550. The predicted molar refractivity (Wildman–Crippen MR) is 166 cm³/mol. The molecule has 2 aliphatic rings. The molecule has 3 amide bonds. The average molecular weight is 642 g/mol. The van der Waals surface area contributed by atoms with Crippen molar-refractivity contribution in [2.75, 3.05) is 33.4 Å². The van der Waals surface area contributed by atoms with Crippen LogP contribution in [-0.4, -0.2) is 86.0 Å². The number of aliphatic hydroxyl groups excluding tert-OH is 2. The van der Waals surface area contributed by atoms with E-state index in [-0.39, 0.29) is 51.1 Å². The number of carbonyl (C=O) groups excluding carboxylic acids is 2. The normalized spacial score (nSPS) is 20.2. The zero-order valence-corrected chi connectivity index (χ0v) is 26.7. The Morgan fingerprint density at radius 1 is 1.09 bits per heavy atom. The van der Waals surface area contributed by atoms with Gasteiger partial charge in [-0.2, -0.15) is 18.3 Å². The molecule has 0 saturated carbocycles. The largest absolute Gasteiger partial charge is 0.416 e. The van der Waals surface area contributed by atoms with Crippen molar-refractivity contribution in [3.05, 3.63) is 88.2 Å². The second-order valence-corrected chi connectivity index (χ2v) is 12.7. The quantitative estimate of drug-likeness (QED) is 0.339. The number of piperazine rings is 1. The fourth-order valence-electron chi connectivity index (χ4n) is 7.21. The lowest BCUT2D eigenvalue weighted by Gasteiger charge is -2.46. The summed E-state index contributed by atoms with van der Waals surface area (Å²) in [6, 6.07) is 11.5. The van der Waals surface area contributed by atoms with Crippen molar-refractivity contribution in [3.8, 4) is 0 Å². The molecule has 0 radical (unpaired) electrons. The molecule has 46 heavy (non-hydrogen) atoms. The number of aromatic nitrogens is 2. The van der Waals surface area contributed by atoms with E-state index in [9.17, 15) is 33.0 Å². The summed E-state index contributed by atoms with van der Waals surface area (Å²) in [6.45, 7) is 5.68. The van der Waals surface area contributed by atoms with Crippen LogP contribution in [0.15, 0.2) is 54.7 Å². The van der Waals surface area contributed by atoms with Crippen LogP contribution in [0, 0.1) is 19.3 Å². The molecule has 3 atom stereocenters. The minimum absolute atomic E-state index is 0.145. The molecule has 1 aromatic heterocycles. The van der Waals surface area contributed by atoms with Crippen molar-refractivity contribution in [1.82, 2.24) is 24.5 Å². The van der Waals surface area contributed by atoms with Gasteiger partial charge in [-0.05, 0) is 63.3 Å². The molecule has 248 valence electrons. The lowest BCUT2D eigenvalue weighted by molar-refractivity contribution is -0.140. The lowest BCUT2D eigenvalue weighted by Crippen LogP contribution is -2.57. The molecule has 3 aromatic rings. The molecule has 0 spiro atoms. The number of benzene rings is 2. The second kappa shape index (κ2) is 13.1. The minimum atomic E-state index is -4.52. The van der Waals surface area contributed by atoms with Crippen LogP contribution in [0.1, 0.15) is 71.8 Å². The van der Waals surface area contributed by atoms with Gasteiger partial charge in [-0.25, -0.2) is 4.79 Å². The summed E-state index contributed by atoms with van der Waals surface area (Å²) in [5, 5.41) is 24.6. The maximum Gasteiger partial charge on any atom is 0.416 e. The van der Waals surface area contributed by atoms with Gasteiger partial charge in [0.25, 0.3) is 0 Å². The first kappa shape index (κ1) is 33.5. The van der Waals surface area contributed by atoms with Gasteiger partial charge in [0, 0.05) is 45.1 Å². The standard InChI is InChI=1S/C34H42F3N5O4/c1-22-16-26(18-27(17-22)34(35,36)37)24(3)39(4)32(46)42-13-12-41-29(19-33(10-14-43,11-15-44)31(41)45)30(42)28-21-40(38-23(28)2)20-25-8-6-5-7-9-25/h5-9,16-18,21,24,29-30,43-44H,10-15,19-20H2,1-4H3/t24-,29+,30+/m1/s1. The van der Waals surface area contributed by atoms with Crippen LogP contribution in [-0.2, 0) is 17.5 Å². The van der Waals surface area contributed by atoms with Gasteiger partial charge >= 0.3 is 12.2 Å². The summed E-state index contributed by atoms with van der Waals surface area (Å²) in [6.07, 6.45) is -1.90. The van der Waals surface area contributed by atoms with Crippen molar-refractivity contribution in [2.24, 2.45) is 5.41 Å². The first-order valence-corrected chi connectivity index (χ1v) is 15.6. The molecule has 5 rings (SSSR count). The molecule has 9 nitrogen and oxygen atoms in total. The Balaban J connectivity index is 1.53. The van der Waals surface area contributed by atoms with E-state index >= 15 is 0 Å². The van der Waals surface area contributed by atoms with Crippen LogP contribution in [0.2, 0.25) is 0 Å². The summed E-state index contributed by atoms with van der Waals surface area (Å²) in [5.41, 5.74) is 1.59. The molecule has 2 aromatic carbocycles.